The molecule has 1 saturated carbocycles. The quantitative estimate of drug-likeness (QED) is 0.593. The smallest absolute Gasteiger partial charge is 0.0656 e. The normalized spacial score (nSPS) is 33.0. The third kappa shape index (κ3) is 5.26. The molecule has 2 atom stereocenters. The van der Waals surface area contributed by atoms with Crippen molar-refractivity contribution in [1.82, 2.24) is 0 Å². The lowest BCUT2D eigenvalue weighted by molar-refractivity contribution is 0.153. The van der Waals surface area contributed by atoms with Crippen molar-refractivity contribution in [2.75, 3.05) is 0 Å². The summed E-state index contributed by atoms with van der Waals surface area (Å²) < 4.78 is 0. The molecule has 0 amide bonds. The predicted molar refractivity (Wildman–Crippen MR) is 65.0 cm³/mol. The number of rotatable bonds is 0. The Hall–Kier alpha value is 0.310. The van der Waals surface area contributed by atoms with Gasteiger partial charge in [-0.05, 0) is 12.8 Å². The molecule has 0 spiro atoms. The van der Waals surface area contributed by atoms with E-state index in [0.717, 1.165) is 12.8 Å². The van der Waals surface area contributed by atoms with Gasteiger partial charge < -0.3 is 5.11 Å². The first-order valence-corrected chi connectivity index (χ1v) is 6.68. The third-order valence-corrected chi connectivity index (χ3v) is 3.80. The lowest BCUT2D eigenvalue weighted by Crippen LogP contribution is -2.20. The Morgan fingerprint density at radius 3 is 1.71 bits per heavy atom. The van der Waals surface area contributed by atoms with Crippen LogP contribution >= 0.6 is 12.6 Å². The predicted octanol–water partition coefficient (Wildman–Crippen LogP) is 3.56. The summed E-state index contributed by atoms with van der Waals surface area (Å²) in [6.07, 6.45) is 12.4. The maximum absolute atomic E-state index is 9.79. The van der Waals surface area contributed by atoms with Gasteiger partial charge >= 0.3 is 0 Å². The number of hydrogen-bond donors (Lipinski definition) is 2. The van der Waals surface area contributed by atoms with Crippen LogP contribution in [-0.4, -0.2) is 16.5 Å². The maximum atomic E-state index is 9.79. The Morgan fingerprint density at radius 1 is 0.714 bits per heavy atom. The number of aliphatic hydroxyl groups is 1. The average Bonchev–Trinajstić information content (AvgIpc) is 2.18. The zero-order valence-electron chi connectivity index (χ0n) is 9.12. The largest absolute Gasteiger partial charge is 0.392 e. The monoisotopic (exact) mass is 216 g/mol. The summed E-state index contributed by atoms with van der Waals surface area (Å²) in [4.78, 5) is 0. The molecule has 0 aliphatic heterocycles. The van der Waals surface area contributed by atoms with Crippen molar-refractivity contribution in [2.24, 2.45) is 0 Å². The second-order valence-electron chi connectivity index (χ2n) is 4.54. The van der Waals surface area contributed by atoms with Crippen LogP contribution in [0.4, 0.5) is 0 Å². The van der Waals surface area contributed by atoms with Crippen LogP contribution in [0.2, 0.25) is 0 Å². The van der Waals surface area contributed by atoms with Crippen LogP contribution in [0.3, 0.4) is 0 Å². The van der Waals surface area contributed by atoms with Crippen LogP contribution in [0.1, 0.15) is 64.2 Å². The Bertz CT molecular complexity index is 122. The standard InChI is InChI=1S/C12H24OS/c13-11-9-7-5-3-1-2-4-6-8-10-12(11)14/h11-14H,1-10H2/t11-,12-/m1/s1. The molecule has 0 saturated heterocycles. The van der Waals surface area contributed by atoms with E-state index in [1.807, 2.05) is 0 Å². The van der Waals surface area contributed by atoms with Crippen LogP contribution in [0.5, 0.6) is 0 Å². The van der Waals surface area contributed by atoms with Crippen molar-refractivity contribution in [2.45, 2.75) is 75.6 Å². The molecule has 14 heavy (non-hydrogen) atoms. The molecule has 0 aromatic carbocycles. The second kappa shape index (κ2) is 7.58. The maximum Gasteiger partial charge on any atom is 0.0656 e. The molecular weight excluding hydrogens is 192 g/mol. The minimum atomic E-state index is -0.169. The highest BCUT2D eigenvalue weighted by molar-refractivity contribution is 7.81. The third-order valence-electron chi connectivity index (χ3n) is 3.19. The number of hydrogen-bond acceptors (Lipinski definition) is 2. The summed E-state index contributed by atoms with van der Waals surface area (Å²) in [5.41, 5.74) is 0. The second-order valence-corrected chi connectivity index (χ2v) is 5.20. The van der Waals surface area contributed by atoms with Gasteiger partial charge in [0.05, 0.1) is 6.10 Å². The van der Waals surface area contributed by atoms with Gasteiger partial charge in [-0.1, -0.05) is 51.4 Å². The van der Waals surface area contributed by atoms with E-state index in [9.17, 15) is 5.11 Å². The van der Waals surface area contributed by atoms with Crippen molar-refractivity contribution < 1.29 is 5.11 Å². The van der Waals surface area contributed by atoms with Crippen LogP contribution in [0, 0.1) is 0 Å². The summed E-state index contributed by atoms with van der Waals surface area (Å²) in [5.74, 6) is 0. The molecule has 1 N–H and O–H groups in total. The van der Waals surface area contributed by atoms with Crippen LogP contribution in [0.15, 0.2) is 0 Å². The van der Waals surface area contributed by atoms with Crippen LogP contribution in [-0.2, 0) is 0 Å². The molecule has 1 aliphatic carbocycles. The molecule has 2 heteroatoms. The Balaban J connectivity index is 2.23. The first kappa shape index (κ1) is 12.4. The van der Waals surface area contributed by atoms with Crippen molar-refractivity contribution in [3.63, 3.8) is 0 Å². The molecule has 1 nitrogen and oxygen atoms in total. The van der Waals surface area contributed by atoms with Gasteiger partial charge in [-0.25, -0.2) is 0 Å². The molecule has 0 aromatic heterocycles. The minimum absolute atomic E-state index is 0.169. The van der Waals surface area contributed by atoms with E-state index in [1.165, 1.54) is 51.4 Å². The van der Waals surface area contributed by atoms with Gasteiger partial charge in [-0.3, -0.25) is 0 Å². The molecule has 1 rings (SSSR count). The van der Waals surface area contributed by atoms with Gasteiger partial charge in [0.25, 0.3) is 0 Å². The lowest BCUT2D eigenvalue weighted by atomic mass is 9.99. The highest BCUT2D eigenvalue weighted by Crippen LogP contribution is 2.20. The van der Waals surface area contributed by atoms with Gasteiger partial charge in [0, 0.05) is 5.25 Å². The van der Waals surface area contributed by atoms with Gasteiger partial charge in [-0.15, -0.1) is 0 Å². The highest BCUT2D eigenvalue weighted by atomic mass is 32.1. The summed E-state index contributed by atoms with van der Waals surface area (Å²) in [5, 5.41) is 10.0. The molecule has 0 aromatic rings. The molecule has 0 radical (unpaired) electrons. The fourth-order valence-electron chi connectivity index (χ4n) is 2.15. The summed E-state index contributed by atoms with van der Waals surface area (Å²) >= 11 is 4.47. The van der Waals surface area contributed by atoms with E-state index >= 15 is 0 Å². The van der Waals surface area contributed by atoms with E-state index in [0.29, 0.717) is 0 Å². The van der Waals surface area contributed by atoms with Crippen LogP contribution in [0.25, 0.3) is 0 Å². The van der Waals surface area contributed by atoms with Crippen LogP contribution < -0.4 is 0 Å². The molecular formula is C12H24OS. The first-order valence-electron chi connectivity index (χ1n) is 6.17. The average molecular weight is 216 g/mol. The zero-order chi connectivity index (χ0) is 10.2. The molecule has 1 aliphatic rings. The fraction of sp³-hybridized carbons (Fsp3) is 1.00. The summed E-state index contributed by atoms with van der Waals surface area (Å²) in [6.45, 7) is 0. The number of thiol groups is 1. The van der Waals surface area contributed by atoms with E-state index in [1.54, 1.807) is 0 Å². The Kier molecular flexibility index (Phi) is 6.70. The van der Waals surface area contributed by atoms with E-state index in [4.69, 9.17) is 0 Å². The topological polar surface area (TPSA) is 20.2 Å². The van der Waals surface area contributed by atoms with E-state index in [-0.39, 0.29) is 11.4 Å². The fourth-order valence-corrected chi connectivity index (χ4v) is 2.48. The van der Waals surface area contributed by atoms with Gasteiger partial charge in [0.2, 0.25) is 0 Å². The molecule has 1 fully saturated rings. The van der Waals surface area contributed by atoms with Crippen molar-refractivity contribution in [1.29, 1.82) is 0 Å². The lowest BCUT2D eigenvalue weighted by Gasteiger charge is -2.18. The Labute approximate surface area is 93.7 Å². The first-order chi connectivity index (χ1) is 6.80. The minimum Gasteiger partial charge on any atom is -0.392 e. The molecule has 84 valence electrons. The van der Waals surface area contributed by atoms with Crippen molar-refractivity contribution in [3.05, 3.63) is 0 Å². The van der Waals surface area contributed by atoms with Crippen molar-refractivity contribution in [3.8, 4) is 0 Å². The van der Waals surface area contributed by atoms with Gasteiger partial charge in [0.1, 0.15) is 0 Å². The molecule has 0 unspecified atom stereocenters. The summed E-state index contributed by atoms with van der Waals surface area (Å²) in [6, 6.07) is 0. The Morgan fingerprint density at radius 2 is 1.14 bits per heavy atom. The highest BCUT2D eigenvalue weighted by Gasteiger charge is 2.14. The molecule has 0 bridgehead atoms. The van der Waals surface area contributed by atoms with Gasteiger partial charge in [-0.2, -0.15) is 12.6 Å². The summed E-state index contributed by atoms with van der Waals surface area (Å²) in [7, 11) is 0. The van der Waals surface area contributed by atoms with Crippen molar-refractivity contribution >= 4 is 12.6 Å². The van der Waals surface area contributed by atoms with Gasteiger partial charge in [0.15, 0.2) is 0 Å². The number of aliphatic hydroxyl groups excluding tert-OH is 1. The molecule has 0 heterocycles. The zero-order valence-corrected chi connectivity index (χ0v) is 10.0. The van der Waals surface area contributed by atoms with E-state index < -0.39 is 0 Å². The van der Waals surface area contributed by atoms with E-state index in [2.05, 4.69) is 12.6 Å². The SMILES string of the molecule is O[C@@H]1CCCCCCCCCC[C@H]1S.